The molecule has 0 amide bonds. The van der Waals surface area contributed by atoms with Gasteiger partial charge in [0.15, 0.2) is 0 Å². The van der Waals surface area contributed by atoms with E-state index in [0.29, 0.717) is 12.0 Å². The molecule has 0 spiro atoms. The first-order valence-electron chi connectivity index (χ1n) is 6.55. The van der Waals surface area contributed by atoms with Crippen molar-refractivity contribution in [1.82, 2.24) is 5.32 Å². The Bertz CT molecular complexity index is 559. The van der Waals surface area contributed by atoms with Gasteiger partial charge in [0.25, 0.3) is 0 Å². The molecule has 1 fully saturated rings. The fraction of sp³-hybridized carbons (Fsp3) is 0.467. The van der Waals surface area contributed by atoms with Gasteiger partial charge >= 0.3 is 0 Å². The first kappa shape index (κ1) is 12.1. The molecule has 2 nitrogen and oxygen atoms in total. The Morgan fingerprint density at radius 3 is 2.78 bits per heavy atom. The molecule has 18 heavy (non-hydrogen) atoms. The van der Waals surface area contributed by atoms with Crippen LogP contribution in [0.25, 0.3) is 11.0 Å². The Balaban J connectivity index is 1.96. The van der Waals surface area contributed by atoms with Gasteiger partial charge in [-0.25, -0.2) is 0 Å². The number of hydrogen-bond donors (Lipinski definition) is 1. The molecular weight excluding hydrogens is 246 g/mol. The van der Waals surface area contributed by atoms with Gasteiger partial charge in [-0.05, 0) is 56.0 Å². The van der Waals surface area contributed by atoms with Crippen LogP contribution in [0, 0.1) is 11.8 Å². The minimum atomic E-state index is 0.295. The highest BCUT2D eigenvalue weighted by molar-refractivity contribution is 6.31. The molecule has 3 rings (SSSR count). The molecule has 1 saturated carbocycles. The highest BCUT2D eigenvalue weighted by Crippen LogP contribution is 2.43. The maximum atomic E-state index is 6.01. The molecule has 1 heterocycles. The van der Waals surface area contributed by atoms with Crippen molar-refractivity contribution >= 4 is 22.6 Å². The van der Waals surface area contributed by atoms with Gasteiger partial charge in [-0.15, -0.1) is 0 Å². The van der Waals surface area contributed by atoms with E-state index in [9.17, 15) is 0 Å². The van der Waals surface area contributed by atoms with E-state index in [4.69, 9.17) is 16.0 Å². The molecule has 0 aliphatic heterocycles. The van der Waals surface area contributed by atoms with Gasteiger partial charge in [-0.2, -0.15) is 0 Å². The number of rotatable bonds is 4. The van der Waals surface area contributed by atoms with Gasteiger partial charge in [0.2, 0.25) is 0 Å². The highest BCUT2D eigenvalue weighted by atomic mass is 35.5. The highest BCUT2D eigenvalue weighted by Gasteiger charge is 2.34. The number of fused-ring (bicyclic) bond motifs is 1. The molecule has 2 unspecified atom stereocenters. The second kappa shape index (κ2) is 4.60. The lowest BCUT2D eigenvalue weighted by molar-refractivity contribution is 0.322. The number of halogens is 1. The number of nitrogens with one attached hydrogen (secondary N) is 1. The van der Waals surface area contributed by atoms with Crippen LogP contribution in [0.2, 0.25) is 5.02 Å². The zero-order chi connectivity index (χ0) is 12.7. The van der Waals surface area contributed by atoms with E-state index in [-0.39, 0.29) is 0 Å². The molecule has 0 saturated heterocycles. The number of hydrogen-bond acceptors (Lipinski definition) is 2. The van der Waals surface area contributed by atoms with E-state index in [0.717, 1.165) is 27.7 Å². The van der Waals surface area contributed by atoms with Gasteiger partial charge in [0.1, 0.15) is 11.3 Å². The van der Waals surface area contributed by atoms with Crippen molar-refractivity contribution in [2.45, 2.75) is 25.8 Å². The standard InChI is InChI=1S/C15H18ClNO/c1-9(10-3-4-10)15(17-2)14-8-11-7-12(16)5-6-13(11)18-14/h5-10,15,17H,3-4H2,1-2H3. The van der Waals surface area contributed by atoms with E-state index in [1.165, 1.54) is 12.8 Å². The quantitative estimate of drug-likeness (QED) is 0.885. The van der Waals surface area contributed by atoms with Crippen LogP contribution in [0.1, 0.15) is 31.6 Å². The zero-order valence-electron chi connectivity index (χ0n) is 10.7. The molecule has 1 aliphatic rings. The summed E-state index contributed by atoms with van der Waals surface area (Å²) in [7, 11) is 2.00. The molecule has 0 radical (unpaired) electrons. The van der Waals surface area contributed by atoms with Crippen LogP contribution in [-0.2, 0) is 0 Å². The summed E-state index contributed by atoms with van der Waals surface area (Å²) in [5.74, 6) is 2.49. The third kappa shape index (κ3) is 2.15. The minimum absolute atomic E-state index is 0.295. The summed E-state index contributed by atoms with van der Waals surface area (Å²) in [5.41, 5.74) is 0.914. The van der Waals surface area contributed by atoms with Gasteiger partial charge in [0, 0.05) is 10.4 Å². The monoisotopic (exact) mass is 263 g/mol. The second-order valence-corrected chi connectivity index (χ2v) is 5.73. The van der Waals surface area contributed by atoms with E-state index in [1.807, 2.05) is 25.2 Å². The van der Waals surface area contributed by atoms with E-state index < -0.39 is 0 Å². The lowest BCUT2D eigenvalue weighted by Gasteiger charge is -2.21. The number of benzene rings is 1. The average Bonchev–Trinajstić information content (AvgIpc) is 3.11. The molecule has 2 atom stereocenters. The predicted molar refractivity (Wildman–Crippen MR) is 74.9 cm³/mol. The van der Waals surface area contributed by atoms with Crippen LogP contribution < -0.4 is 5.32 Å². The molecule has 1 aliphatic carbocycles. The van der Waals surface area contributed by atoms with Crippen LogP contribution in [-0.4, -0.2) is 7.05 Å². The van der Waals surface area contributed by atoms with E-state index in [1.54, 1.807) is 0 Å². The first-order valence-corrected chi connectivity index (χ1v) is 6.93. The van der Waals surface area contributed by atoms with Crippen molar-refractivity contribution in [3.8, 4) is 0 Å². The van der Waals surface area contributed by atoms with Crippen LogP contribution in [0.3, 0.4) is 0 Å². The topological polar surface area (TPSA) is 25.2 Å². The van der Waals surface area contributed by atoms with Crippen LogP contribution in [0.4, 0.5) is 0 Å². The molecule has 0 bridgehead atoms. The molecule has 1 aromatic carbocycles. The van der Waals surface area contributed by atoms with Crippen molar-refractivity contribution in [2.75, 3.05) is 7.05 Å². The molecular formula is C15H18ClNO. The Morgan fingerprint density at radius 1 is 1.33 bits per heavy atom. The second-order valence-electron chi connectivity index (χ2n) is 5.29. The summed E-state index contributed by atoms with van der Waals surface area (Å²) >= 11 is 6.01. The Kier molecular flexibility index (Phi) is 3.08. The van der Waals surface area contributed by atoms with E-state index >= 15 is 0 Å². The third-order valence-electron chi connectivity index (χ3n) is 4.01. The zero-order valence-corrected chi connectivity index (χ0v) is 11.5. The SMILES string of the molecule is CNC(c1cc2cc(Cl)ccc2o1)C(C)C1CC1. The third-order valence-corrected chi connectivity index (χ3v) is 4.24. The maximum absolute atomic E-state index is 6.01. The van der Waals surface area contributed by atoms with E-state index in [2.05, 4.69) is 18.3 Å². The Morgan fingerprint density at radius 2 is 2.11 bits per heavy atom. The smallest absolute Gasteiger partial charge is 0.134 e. The Labute approximate surface area is 112 Å². The fourth-order valence-electron chi connectivity index (χ4n) is 2.75. The van der Waals surface area contributed by atoms with Crippen LogP contribution in [0.15, 0.2) is 28.7 Å². The van der Waals surface area contributed by atoms with Crippen molar-refractivity contribution in [3.63, 3.8) is 0 Å². The normalized spacial score (nSPS) is 19.1. The summed E-state index contributed by atoms with van der Waals surface area (Å²) in [6.07, 6.45) is 2.71. The maximum Gasteiger partial charge on any atom is 0.134 e. The van der Waals surface area contributed by atoms with Gasteiger partial charge in [-0.3, -0.25) is 0 Å². The fourth-order valence-corrected chi connectivity index (χ4v) is 2.93. The molecule has 2 aromatic rings. The molecule has 96 valence electrons. The molecule has 1 N–H and O–H groups in total. The van der Waals surface area contributed by atoms with Crippen molar-refractivity contribution in [1.29, 1.82) is 0 Å². The summed E-state index contributed by atoms with van der Waals surface area (Å²) in [6.45, 7) is 2.30. The minimum Gasteiger partial charge on any atom is -0.459 e. The van der Waals surface area contributed by atoms with Crippen molar-refractivity contribution in [2.24, 2.45) is 11.8 Å². The lowest BCUT2D eigenvalue weighted by Crippen LogP contribution is -2.24. The van der Waals surface area contributed by atoms with Gasteiger partial charge < -0.3 is 9.73 Å². The largest absolute Gasteiger partial charge is 0.459 e. The first-order chi connectivity index (χ1) is 8.69. The van der Waals surface area contributed by atoms with Crippen molar-refractivity contribution < 1.29 is 4.42 Å². The average molecular weight is 264 g/mol. The summed E-state index contributed by atoms with van der Waals surface area (Å²) in [4.78, 5) is 0. The lowest BCUT2D eigenvalue weighted by atomic mass is 9.95. The van der Waals surface area contributed by atoms with Crippen molar-refractivity contribution in [3.05, 3.63) is 35.0 Å². The molecule has 3 heteroatoms. The Hall–Kier alpha value is -0.990. The van der Waals surface area contributed by atoms with Crippen LogP contribution >= 0.6 is 11.6 Å². The summed E-state index contributed by atoms with van der Waals surface area (Å²) < 4.78 is 5.95. The van der Waals surface area contributed by atoms with Gasteiger partial charge in [-0.1, -0.05) is 18.5 Å². The molecule has 1 aromatic heterocycles. The number of furan rings is 1. The summed E-state index contributed by atoms with van der Waals surface area (Å²) in [6, 6.07) is 8.18. The summed E-state index contributed by atoms with van der Waals surface area (Å²) in [5, 5.41) is 5.23. The van der Waals surface area contributed by atoms with Gasteiger partial charge in [0.05, 0.1) is 6.04 Å². The van der Waals surface area contributed by atoms with Crippen LogP contribution in [0.5, 0.6) is 0 Å². The predicted octanol–water partition coefficient (Wildman–Crippen LogP) is 4.39.